The average Bonchev–Trinajstić information content (AvgIpc) is 2.53. The predicted octanol–water partition coefficient (Wildman–Crippen LogP) is 1.68. The number of nitrogens with one attached hydrogen (secondary N) is 1. The third kappa shape index (κ3) is 4.09. The highest BCUT2D eigenvalue weighted by molar-refractivity contribution is 5.74. The van der Waals surface area contributed by atoms with Crippen LogP contribution < -0.4 is 5.32 Å². The van der Waals surface area contributed by atoms with Crippen LogP contribution >= 0.6 is 0 Å². The van der Waals surface area contributed by atoms with Gasteiger partial charge in [0.1, 0.15) is 0 Å². The number of rotatable bonds is 4. The van der Waals surface area contributed by atoms with Gasteiger partial charge in [-0.25, -0.2) is 4.79 Å². The molecular weight excluding hydrogens is 254 g/mol. The minimum absolute atomic E-state index is 0.110. The van der Waals surface area contributed by atoms with Gasteiger partial charge in [-0.2, -0.15) is 0 Å². The first-order valence-corrected chi connectivity index (χ1v) is 8.04. The van der Waals surface area contributed by atoms with Crippen molar-refractivity contribution in [3.63, 3.8) is 0 Å². The van der Waals surface area contributed by atoms with E-state index in [0.29, 0.717) is 12.1 Å². The lowest BCUT2D eigenvalue weighted by atomic mass is 9.99. The maximum atomic E-state index is 11.9. The van der Waals surface area contributed by atoms with Crippen LogP contribution in [0.2, 0.25) is 0 Å². The maximum Gasteiger partial charge on any atom is 0.317 e. The predicted molar refractivity (Wildman–Crippen MR) is 79.9 cm³/mol. The molecule has 0 aromatic heterocycles. The molecule has 2 rings (SSSR count). The first-order chi connectivity index (χ1) is 9.72. The highest BCUT2D eigenvalue weighted by Gasteiger charge is 2.29. The lowest BCUT2D eigenvalue weighted by Crippen LogP contribution is -2.51. The van der Waals surface area contributed by atoms with Gasteiger partial charge in [0.05, 0.1) is 0 Å². The van der Waals surface area contributed by atoms with Crippen molar-refractivity contribution in [2.24, 2.45) is 0 Å². The largest absolute Gasteiger partial charge is 0.381 e. The molecule has 2 heterocycles. The SMILES string of the molecule is CCCNC(=O)N1CCC(N(C)C2CCOCC2)CC1. The molecule has 2 aliphatic heterocycles. The Morgan fingerprint density at radius 1 is 1.20 bits per heavy atom. The average molecular weight is 283 g/mol. The molecule has 0 bridgehead atoms. The molecule has 0 aromatic carbocycles. The number of urea groups is 1. The topological polar surface area (TPSA) is 44.8 Å². The highest BCUT2D eigenvalue weighted by Crippen LogP contribution is 2.22. The molecule has 2 fully saturated rings. The molecule has 0 saturated carbocycles. The minimum atomic E-state index is 0.110. The van der Waals surface area contributed by atoms with Crippen LogP contribution in [0.15, 0.2) is 0 Å². The Hall–Kier alpha value is -0.810. The molecule has 0 unspecified atom stereocenters. The summed E-state index contributed by atoms with van der Waals surface area (Å²) in [7, 11) is 2.24. The van der Waals surface area contributed by atoms with Crippen molar-refractivity contribution in [2.75, 3.05) is 39.9 Å². The van der Waals surface area contributed by atoms with E-state index in [9.17, 15) is 4.79 Å². The number of likely N-dealkylation sites (tertiary alicyclic amines) is 1. The Kier molecular flexibility index (Phi) is 6.10. The first-order valence-electron chi connectivity index (χ1n) is 8.04. The van der Waals surface area contributed by atoms with Crippen LogP contribution in [0.4, 0.5) is 4.79 Å². The van der Waals surface area contributed by atoms with Gasteiger partial charge in [0.15, 0.2) is 0 Å². The molecule has 5 nitrogen and oxygen atoms in total. The summed E-state index contributed by atoms with van der Waals surface area (Å²) in [4.78, 5) is 16.4. The fourth-order valence-corrected chi connectivity index (χ4v) is 3.21. The lowest BCUT2D eigenvalue weighted by molar-refractivity contribution is 0.0178. The number of amides is 2. The number of nitrogens with zero attached hydrogens (tertiary/aromatic N) is 2. The Balaban J connectivity index is 1.74. The molecule has 0 aliphatic carbocycles. The maximum absolute atomic E-state index is 11.9. The van der Waals surface area contributed by atoms with Crippen LogP contribution in [-0.2, 0) is 4.74 Å². The molecule has 2 aliphatic rings. The Morgan fingerprint density at radius 2 is 1.80 bits per heavy atom. The first kappa shape index (κ1) is 15.6. The van der Waals surface area contributed by atoms with Crippen LogP contribution in [0.25, 0.3) is 0 Å². The molecule has 2 saturated heterocycles. The third-order valence-electron chi connectivity index (χ3n) is 4.62. The number of carbonyl (C=O) groups excluding carboxylic acids is 1. The third-order valence-corrected chi connectivity index (χ3v) is 4.62. The van der Waals surface area contributed by atoms with Crippen LogP contribution in [0.5, 0.6) is 0 Å². The van der Waals surface area contributed by atoms with Crippen molar-refractivity contribution in [1.29, 1.82) is 0 Å². The second-order valence-corrected chi connectivity index (χ2v) is 5.96. The van der Waals surface area contributed by atoms with Gasteiger partial charge in [0.2, 0.25) is 0 Å². The fraction of sp³-hybridized carbons (Fsp3) is 0.933. The van der Waals surface area contributed by atoms with Crippen molar-refractivity contribution < 1.29 is 9.53 Å². The van der Waals surface area contributed by atoms with Crippen LogP contribution in [-0.4, -0.2) is 67.8 Å². The Morgan fingerprint density at radius 3 is 2.40 bits per heavy atom. The van der Waals surface area contributed by atoms with E-state index >= 15 is 0 Å². The van der Waals surface area contributed by atoms with E-state index in [-0.39, 0.29) is 6.03 Å². The van der Waals surface area contributed by atoms with Crippen molar-refractivity contribution in [3.05, 3.63) is 0 Å². The molecule has 1 N–H and O–H groups in total. The Bertz CT molecular complexity index is 297. The second kappa shape index (κ2) is 7.84. The van der Waals surface area contributed by atoms with E-state index in [2.05, 4.69) is 24.2 Å². The zero-order chi connectivity index (χ0) is 14.4. The summed E-state index contributed by atoms with van der Waals surface area (Å²) >= 11 is 0. The van der Waals surface area contributed by atoms with Crippen molar-refractivity contribution in [3.8, 4) is 0 Å². The summed E-state index contributed by atoms with van der Waals surface area (Å²) in [5.74, 6) is 0. The zero-order valence-corrected chi connectivity index (χ0v) is 12.9. The van der Waals surface area contributed by atoms with Gasteiger partial charge in [-0.3, -0.25) is 0 Å². The van der Waals surface area contributed by atoms with Crippen LogP contribution in [0.3, 0.4) is 0 Å². The summed E-state index contributed by atoms with van der Waals surface area (Å²) < 4.78 is 5.44. The lowest BCUT2D eigenvalue weighted by Gasteiger charge is -2.41. The molecule has 20 heavy (non-hydrogen) atoms. The molecule has 0 radical (unpaired) electrons. The van der Waals surface area contributed by atoms with Crippen molar-refractivity contribution in [2.45, 2.75) is 51.1 Å². The summed E-state index contributed by atoms with van der Waals surface area (Å²) in [6.45, 7) is 6.41. The number of hydrogen-bond donors (Lipinski definition) is 1. The monoisotopic (exact) mass is 283 g/mol. The highest BCUT2D eigenvalue weighted by atomic mass is 16.5. The van der Waals surface area contributed by atoms with Crippen molar-refractivity contribution >= 4 is 6.03 Å². The molecule has 2 amide bonds. The van der Waals surface area contributed by atoms with E-state index in [0.717, 1.165) is 65.0 Å². The molecule has 0 atom stereocenters. The van der Waals surface area contributed by atoms with Gasteiger partial charge in [0.25, 0.3) is 0 Å². The van der Waals surface area contributed by atoms with Gasteiger partial charge >= 0.3 is 6.03 Å². The normalized spacial score (nSPS) is 22.2. The second-order valence-electron chi connectivity index (χ2n) is 5.96. The van der Waals surface area contributed by atoms with Gasteiger partial charge in [-0.1, -0.05) is 6.92 Å². The molecule has 116 valence electrons. The fourth-order valence-electron chi connectivity index (χ4n) is 3.21. The van der Waals surface area contributed by atoms with Gasteiger partial charge in [-0.15, -0.1) is 0 Å². The van der Waals surface area contributed by atoms with E-state index in [1.165, 1.54) is 0 Å². The van der Waals surface area contributed by atoms with E-state index in [4.69, 9.17) is 4.74 Å². The quantitative estimate of drug-likeness (QED) is 0.854. The Labute approximate surface area is 122 Å². The van der Waals surface area contributed by atoms with Gasteiger partial charge in [-0.05, 0) is 39.2 Å². The molecule has 0 spiro atoms. The van der Waals surface area contributed by atoms with E-state index in [1.54, 1.807) is 0 Å². The summed E-state index contributed by atoms with van der Waals surface area (Å²) in [6, 6.07) is 1.39. The van der Waals surface area contributed by atoms with Gasteiger partial charge in [0, 0.05) is 44.9 Å². The smallest absolute Gasteiger partial charge is 0.317 e. The van der Waals surface area contributed by atoms with E-state index in [1.807, 2.05) is 4.90 Å². The molecule has 5 heteroatoms. The standard InChI is InChI=1S/C15H29N3O2/c1-3-8-16-15(19)18-9-4-13(5-10-18)17(2)14-6-11-20-12-7-14/h13-14H,3-12H2,1-2H3,(H,16,19). The summed E-state index contributed by atoms with van der Waals surface area (Å²) in [5, 5.41) is 2.97. The number of carbonyl (C=O) groups is 1. The van der Waals surface area contributed by atoms with Crippen LogP contribution in [0.1, 0.15) is 39.0 Å². The minimum Gasteiger partial charge on any atom is -0.381 e. The summed E-state index contributed by atoms with van der Waals surface area (Å²) in [5.41, 5.74) is 0. The van der Waals surface area contributed by atoms with E-state index < -0.39 is 0 Å². The molecule has 0 aromatic rings. The van der Waals surface area contributed by atoms with Gasteiger partial charge < -0.3 is 19.9 Å². The molecular formula is C15H29N3O2. The number of ether oxygens (including phenoxy) is 1. The van der Waals surface area contributed by atoms with Crippen molar-refractivity contribution in [1.82, 2.24) is 15.1 Å². The summed E-state index contributed by atoms with van der Waals surface area (Å²) in [6.07, 6.45) is 5.47. The number of piperidine rings is 1. The number of hydrogen-bond acceptors (Lipinski definition) is 3. The zero-order valence-electron chi connectivity index (χ0n) is 12.9. The van der Waals surface area contributed by atoms with Crippen LogP contribution in [0, 0.1) is 0 Å².